The molecule has 7 heteroatoms. The summed E-state index contributed by atoms with van der Waals surface area (Å²) in [6.45, 7) is 9.09. The Bertz CT molecular complexity index is 1230. The quantitative estimate of drug-likeness (QED) is 0.319. The van der Waals surface area contributed by atoms with Crippen molar-refractivity contribution in [2.45, 2.75) is 27.3 Å². The predicted octanol–water partition coefficient (Wildman–Crippen LogP) is 5.06. The number of hydrazone groups is 1. The molecule has 0 amide bonds. The number of benzene rings is 2. The average Bonchev–Trinajstić information content (AvgIpc) is 3.20. The largest absolute Gasteiger partial charge is 0.496 e. The van der Waals surface area contributed by atoms with Crippen LogP contribution < -0.4 is 10.2 Å². The lowest BCUT2D eigenvalue weighted by molar-refractivity contribution is 0.289. The fraction of sp³-hybridized carbons (Fsp3) is 0.292. The number of hydrogen-bond donors (Lipinski definition) is 1. The van der Waals surface area contributed by atoms with Crippen LogP contribution in [0.5, 0.6) is 5.75 Å². The van der Waals surface area contributed by atoms with Gasteiger partial charge in [-0.25, -0.2) is 9.97 Å². The molecule has 0 aliphatic rings. The van der Waals surface area contributed by atoms with Gasteiger partial charge < -0.3 is 9.15 Å². The van der Waals surface area contributed by atoms with Crippen LogP contribution >= 0.6 is 0 Å². The summed E-state index contributed by atoms with van der Waals surface area (Å²) in [7, 11) is 1.71. The van der Waals surface area contributed by atoms with Crippen molar-refractivity contribution in [3.63, 3.8) is 0 Å². The van der Waals surface area contributed by atoms with Gasteiger partial charge in [0, 0.05) is 17.5 Å². The molecule has 0 aliphatic heterocycles. The molecule has 0 radical (unpaired) electrons. The molecule has 4 aromatic rings. The second-order valence-electron chi connectivity index (χ2n) is 7.30. The van der Waals surface area contributed by atoms with Crippen molar-refractivity contribution in [2.24, 2.45) is 5.10 Å². The molecule has 2 aromatic carbocycles. The second kappa shape index (κ2) is 9.14. The van der Waals surface area contributed by atoms with E-state index in [4.69, 9.17) is 9.15 Å². The molecule has 2 heterocycles. The molecule has 0 aliphatic carbocycles. The molecule has 0 saturated heterocycles. The third kappa shape index (κ3) is 4.22. The highest BCUT2D eigenvalue weighted by Crippen LogP contribution is 2.30. The molecular weight excluding hydrogens is 390 g/mol. The van der Waals surface area contributed by atoms with Crippen LogP contribution in [0.25, 0.3) is 22.1 Å². The fourth-order valence-corrected chi connectivity index (χ4v) is 3.62. The van der Waals surface area contributed by atoms with Gasteiger partial charge in [-0.1, -0.05) is 26.0 Å². The number of rotatable bonds is 8. The Morgan fingerprint density at radius 2 is 1.94 bits per heavy atom. The molecule has 0 saturated carbocycles. The number of methoxy groups -OCH3 is 1. The molecule has 4 rings (SSSR count). The van der Waals surface area contributed by atoms with Gasteiger partial charge in [0.25, 0.3) is 0 Å². The molecule has 0 atom stereocenters. The van der Waals surface area contributed by atoms with Crippen LogP contribution in [0.4, 0.5) is 5.82 Å². The highest BCUT2D eigenvalue weighted by Gasteiger charge is 2.13. The van der Waals surface area contributed by atoms with Crippen molar-refractivity contribution in [3.05, 3.63) is 59.9 Å². The molecule has 31 heavy (non-hydrogen) atoms. The highest BCUT2D eigenvalue weighted by molar-refractivity contribution is 6.05. The minimum absolute atomic E-state index is 0.539. The first-order chi connectivity index (χ1) is 15.1. The van der Waals surface area contributed by atoms with Gasteiger partial charge in [-0.05, 0) is 55.9 Å². The Morgan fingerprint density at radius 1 is 1.13 bits per heavy atom. The lowest BCUT2D eigenvalue weighted by Crippen LogP contribution is -2.22. The molecule has 0 spiro atoms. The zero-order valence-electron chi connectivity index (χ0n) is 18.3. The Hall–Kier alpha value is -3.45. The average molecular weight is 418 g/mol. The maximum atomic E-state index is 5.96. The summed E-state index contributed by atoms with van der Waals surface area (Å²) in [6.07, 6.45) is 1.52. The van der Waals surface area contributed by atoms with Crippen molar-refractivity contribution >= 4 is 33.6 Å². The van der Waals surface area contributed by atoms with Gasteiger partial charge in [-0.15, -0.1) is 0 Å². The number of ether oxygens (including phenoxy) is 1. The van der Waals surface area contributed by atoms with Gasteiger partial charge >= 0.3 is 0 Å². The lowest BCUT2D eigenvalue weighted by atomic mass is 10.1. The van der Waals surface area contributed by atoms with Crippen molar-refractivity contribution in [1.82, 2.24) is 14.9 Å². The van der Waals surface area contributed by atoms with E-state index in [2.05, 4.69) is 45.3 Å². The van der Waals surface area contributed by atoms with Crippen LogP contribution in [0.1, 0.15) is 31.9 Å². The van der Waals surface area contributed by atoms with Crippen molar-refractivity contribution in [3.8, 4) is 5.75 Å². The van der Waals surface area contributed by atoms with E-state index in [-0.39, 0.29) is 0 Å². The predicted molar refractivity (Wildman–Crippen MR) is 125 cm³/mol. The zero-order chi connectivity index (χ0) is 21.8. The first-order valence-electron chi connectivity index (χ1n) is 10.5. The van der Waals surface area contributed by atoms with Crippen LogP contribution in [0.3, 0.4) is 0 Å². The molecule has 7 nitrogen and oxygen atoms in total. The standard InChI is InChI=1S/C24H27N5O2/c1-5-29(6-2)14-18-13-17(11-12-20(18)30-4)16(3)27-28-24-23-22(25-15-26-24)19-9-7-8-10-21(19)31-23/h7-13,15H,5-6,14H2,1-4H3,(H,25,26,28)/b27-16-. The van der Waals surface area contributed by atoms with Gasteiger partial charge in [-0.2, -0.15) is 5.10 Å². The molecule has 0 bridgehead atoms. The van der Waals surface area contributed by atoms with Crippen LogP contribution in [0.15, 0.2) is 58.3 Å². The first-order valence-corrected chi connectivity index (χ1v) is 10.5. The molecule has 0 unspecified atom stereocenters. The number of hydrogen-bond acceptors (Lipinski definition) is 7. The Morgan fingerprint density at radius 3 is 2.71 bits per heavy atom. The van der Waals surface area contributed by atoms with E-state index in [9.17, 15) is 0 Å². The topological polar surface area (TPSA) is 75.8 Å². The minimum Gasteiger partial charge on any atom is -0.496 e. The Balaban J connectivity index is 1.63. The summed E-state index contributed by atoms with van der Waals surface area (Å²) in [5.74, 6) is 1.42. The molecular formula is C24H27N5O2. The molecule has 2 aromatic heterocycles. The van der Waals surface area contributed by atoms with Crippen LogP contribution in [-0.4, -0.2) is 40.8 Å². The van der Waals surface area contributed by atoms with Crippen molar-refractivity contribution in [1.29, 1.82) is 0 Å². The van der Waals surface area contributed by atoms with E-state index < -0.39 is 0 Å². The van der Waals surface area contributed by atoms with Gasteiger partial charge in [0.2, 0.25) is 0 Å². The highest BCUT2D eigenvalue weighted by atomic mass is 16.5. The summed E-state index contributed by atoms with van der Waals surface area (Å²) < 4.78 is 11.5. The number of furan rings is 1. The lowest BCUT2D eigenvalue weighted by Gasteiger charge is -2.20. The fourth-order valence-electron chi connectivity index (χ4n) is 3.62. The minimum atomic E-state index is 0.539. The summed E-state index contributed by atoms with van der Waals surface area (Å²) >= 11 is 0. The summed E-state index contributed by atoms with van der Waals surface area (Å²) in [4.78, 5) is 11.1. The number of anilines is 1. The van der Waals surface area contributed by atoms with Gasteiger partial charge in [-0.3, -0.25) is 10.3 Å². The normalized spacial score (nSPS) is 12.1. The van der Waals surface area contributed by atoms with Crippen LogP contribution in [-0.2, 0) is 6.54 Å². The van der Waals surface area contributed by atoms with Gasteiger partial charge in [0.05, 0.1) is 12.8 Å². The smallest absolute Gasteiger partial charge is 0.197 e. The van der Waals surface area contributed by atoms with E-state index in [1.54, 1.807) is 7.11 Å². The number of nitrogens with one attached hydrogen (secondary N) is 1. The van der Waals surface area contributed by atoms with Gasteiger partial charge in [0.1, 0.15) is 23.2 Å². The Kier molecular flexibility index (Phi) is 6.13. The monoisotopic (exact) mass is 417 g/mol. The summed E-state index contributed by atoms with van der Waals surface area (Å²) in [6, 6.07) is 14.0. The van der Waals surface area contributed by atoms with E-state index >= 15 is 0 Å². The van der Waals surface area contributed by atoms with Crippen LogP contribution in [0, 0.1) is 0 Å². The molecule has 0 fully saturated rings. The van der Waals surface area contributed by atoms with E-state index in [0.717, 1.165) is 58.7 Å². The van der Waals surface area contributed by atoms with E-state index in [0.29, 0.717) is 11.4 Å². The number of para-hydroxylation sites is 1. The van der Waals surface area contributed by atoms with Crippen molar-refractivity contribution < 1.29 is 9.15 Å². The number of nitrogens with zero attached hydrogens (tertiary/aromatic N) is 4. The number of fused-ring (bicyclic) bond motifs is 3. The second-order valence-corrected chi connectivity index (χ2v) is 7.30. The first kappa shape index (κ1) is 20.8. The third-order valence-electron chi connectivity index (χ3n) is 5.47. The zero-order valence-corrected chi connectivity index (χ0v) is 18.3. The summed E-state index contributed by atoms with van der Waals surface area (Å²) in [5.41, 5.74) is 8.20. The third-order valence-corrected chi connectivity index (χ3v) is 5.47. The number of aromatic nitrogens is 2. The molecule has 1 N–H and O–H groups in total. The SMILES string of the molecule is CCN(CC)Cc1cc(/C(C)=N\Nc2ncnc3c2oc2ccccc23)ccc1OC. The molecule has 160 valence electrons. The van der Waals surface area contributed by atoms with Crippen molar-refractivity contribution in [2.75, 3.05) is 25.6 Å². The van der Waals surface area contributed by atoms with Gasteiger partial charge in [0.15, 0.2) is 11.4 Å². The van der Waals surface area contributed by atoms with E-state index in [1.165, 1.54) is 6.33 Å². The maximum absolute atomic E-state index is 5.96. The maximum Gasteiger partial charge on any atom is 0.197 e. The van der Waals surface area contributed by atoms with E-state index in [1.807, 2.05) is 43.3 Å². The Labute approximate surface area is 181 Å². The van der Waals surface area contributed by atoms with Crippen LogP contribution in [0.2, 0.25) is 0 Å². The summed E-state index contributed by atoms with van der Waals surface area (Å²) in [5, 5.41) is 5.52.